The lowest BCUT2D eigenvalue weighted by molar-refractivity contribution is 1.33. The summed E-state index contributed by atoms with van der Waals surface area (Å²) in [6, 6.07) is 27.7. The highest BCUT2D eigenvalue weighted by atomic mass is 14.7. The minimum absolute atomic E-state index is 1.01. The third-order valence-corrected chi connectivity index (χ3v) is 4.19. The maximum Gasteiger partial charge on any atom is 0.0708 e. The van der Waals surface area contributed by atoms with E-state index in [-0.39, 0.29) is 0 Å². The van der Waals surface area contributed by atoms with Crippen LogP contribution in [0.1, 0.15) is 5.56 Å². The number of pyridine rings is 1. The van der Waals surface area contributed by atoms with Crippen molar-refractivity contribution >= 4 is 10.8 Å². The second-order valence-electron chi connectivity index (χ2n) is 5.83. The Morgan fingerprint density at radius 3 is 1.96 bits per heavy atom. The molecule has 0 N–H and O–H groups in total. The molecule has 0 amide bonds. The largest absolute Gasteiger partial charge is 0.256 e. The van der Waals surface area contributed by atoms with Gasteiger partial charge >= 0.3 is 0 Å². The fourth-order valence-corrected chi connectivity index (χ4v) is 2.95. The van der Waals surface area contributed by atoms with E-state index in [4.69, 9.17) is 0 Å². The lowest BCUT2D eigenvalue weighted by Gasteiger charge is -2.12. The summed E-state index contributed by atoms with van der Waals surface area (Å²) in [5.41, 5.74) is 5.90. The molecule has 1 nitrogen and oxygen atoms in total. The van der Waals surface area contributed by atoms with Crippen LogP contribution >= 0.6 is 0 Å². The van der Waals surface area contributed by atoms with Crippen LogP contribution in [0.3, 0.4) is 0 Å². The van der Waals surface area contributed by atoms with Gasteiger partial charge < -0.3 is 0 Å². The van der Waals surface area contributed by atoms with Crippen LogP contribution in [0.25, 0.3) is 33.2 Å². The van der Waals surface area contributed by atoms with E-state index >= 15 is 0 Å². The first-order chi connectivity index (χ1) is 11.3. The topological polar surface area (TPSA) is 12.9 Å². The van der Waals surface area contributed by atoms with Crippen LogP contribution in [0.4, 0.5) is 0 Å². The van der Waals surface area contributed by atoms with E-state index in [0.29, 0.717) is 0 Å². The molecular weight excluding hydrogens is 278 g/mol. The van der Waals surface area contributed by atoms with E-state index in [1.54, 1.807) is 0 Å². The molecule has 0 aliphatic heterocycles. The number of benzene rings is 3. The van der Waals surface area contributed by atoms with Gasteiger partial charge in [-0.05, 0) is 53.1 Å². The number of nitrogens with zero attached hydrogens (tertiary/aromatic N) is 1. The highest BCUT2D eigenvalue weighted by Crippen LogP contribution is 2.34. The van der Waals surface area contributed by atoms with Crippen molar-refractivity contribution in [3.63, 3.8) is 0 Å². The Balaban J connectivity index is 2.02. The van der Waals surface area contributed by atoms with Gasteiger partial charge in [0.05, 0.1) is 5.69 Å². The number of rotatable bonds is 2. The summed E-state index contributed by atoms with van der Waals surface area (Å²) in [7, 11) is 0. The maximum atomic E-state index is 4.56. The van der Waals surface area contributed by atoms with Crippen molar-refractivity contribution in [3.05, 3.63) is 90.6 Å². The van der Waals surface area contributed by atoms with Crippen molar-refractivity contribution in [2.75, 3.05) is 0 Å². The molecule has 4 aromatic rings. The number of hydrogen-bond donors (Lipinski definition) is 0. The summed E-state index contributed by atoms with van der Waals surface area (Å²) in [4.78, 5) is 4.56. The van der Waals surface area contributed by atoms with Crippen molar-refractivity contribution in [3.8, 4) is 22.4 Å². The molecule has 0 aliphatic rings. The normalized spacial score (nSPS) is 10.8. The van der Waals surface area contributed by atoms with Gasteiger partial charge in [-0.1, -0.05) is 60.2 Å². The minimum Gasteiger partial charge on any atom is -0.256 e. The van der Waals surface area contributed by atoms with Crippen molar-refractivity contribution in [1.82, 2.24) is 4.98 Å². The lowest BCUT2D eigenvalue weighted by Crippen LogP contribution is -1.89. The van der Waals surface area contributed by atoms with E-state index in [2.05, 4.69) is 78.6 Å². The van der Waals surface area contributed by atoms with E-state index in [1.165, 1.54) is 33.0 Å². The molecule has 0 fully saturated rings. The van der Waals surface area contributed by atoms with Crippen LogP contribution in [-0.2, 0) is 0 Å². The minimum atomic E-state index is 1.01. The quantitative estimate of drug-likeness (QED) is 0.450. The van der Waals surface area contributed by atoms with Gasteiger partial charge in [0, 0.05) is 11.8 Å². The zero-order valence-electron chi connectivity index (χ0n) is 13.0. The van der Waals surface area contributed by atoms with Crippen LogP contribution < -0.4 is 0 Å². The average molecular weight is 295 g/mol. The number of aryl methyl sites for hydroxylation is 1. The zero-order valence-corrected chi connectivity index (χ0v) is 13.0. The second-order valence-corrected chi connectivity index (χ2v) is 5.83. The second kappa shape index (κ2) is 5.69. The van der Waals surface area contributed by atoms with E-state index in [9.17, 15) is 0 Å². The van der Waals surface area contributed by atoms with Gasteiger partial charge in [-0.2, -0.15) is 0 Å². The highest BCUT2D eigenvalue weighted by molar-refractivity contribution is 5.95. The summed E-state index contributed by atoms with van der Waals surface area (Å²) in [6.07, 6.45) is 1.85. The molecular formula is C22H17N. The fourth-order valence-electron chi connectivity index (χ4n) is 2.95. The highest BCUT2D eigenvalue weighted by Gasteiger charge is 2.10. The Bertz CT molecular complexity index is 954. The Morgan fingerprint density at radius 1 is 0.652 bits per heavy atom. The van der Waals surface area contributed by atoms with E-state index in [0.717, 1.165) is 5.69 Å². The molecule has 0 unspecified atom stereocenters. The maximum absolute atomic E-state index is 4.56. The molecule has 1 aromatic heterocycles. The summed E-state index contributed by atoms with van der Waals surface area (Å²) < 4.78 is 0. The zero-order chi connectivity index (χ0) is 15.6. The predicted molar refractivity (Wildman–Crippen MR) is 97.4 cm³/mol. The van der Waals surface area contributed by atoms with Crippen LogP contribution in [0.15, 0.2) is 85.1 Å². The molecule has 23 heavy (non-hydrogen) atoms. The molecule has 4 rings (SSSR count). The third-order valence-electron chi connectivity index (χ3n) is 4.19. The SMILES string of the molecule is Cc1ccc(-c2cc3ccccc3cc2-c2ccccn2)cc1. The van der Waals surface area contributed by atoms with Gasteiger partial charge in [-0.3, -0.25) is 4.98 Å². The molecule has 1 heteroatoms. The number of aromatic nitrogens is 1. The van der Waals surface area contributed by atoms with Crippen LogP contribution in [0.5, 0.6) is 0 Å². The fraction of sp³-hybridized carbons (Fsp3) is 0.0455. The number of hydrogen-bond acceptors (Lipinski definition) is 1. The molecule has 0 saturated heterocycles. The smallest absolute Gasteiger partial charge is 0.0708 e. The van der Waals surface area contributed by atoms with E-state index in [1.807, 2.05) is 18.3 Å². The van der Waals surface area contributed by atoms with Gasteiger partial charge in [-0.15, -0.1) is 0 Å². The molecule has 110 valence electrons. The summed E-state index contributed by atoms with van der Waals surface area (Å²) >= 11 is 0. The molecule has 0 saturated carbocycles. The van der Waals surface area contributed by atoms with Gasteiger partial charge in [0.15, 0.2) is 0 Å². The van der Waals surface area contributed by atoms with Gasteiger partial charge in [0.2, 0.25) is 0 Å². The van der Waals surface area contributed by atoms with Crippen LogP contribution in [0, 0.1) is 6.92 Å². The van der Waals surface area contributed by atoms with Crippen molar-refractivity contribution in [2.45, 2.75) is 6.92 Å². The first-order valence-corrected chi connectivity index (χ1v) is 7.82. The predicted octanol–water partition coefficient (Wildman–Crippen LogP) is 5.88. The van der Waals surface area contributed by atoms with Crippen molar-refractivity contribution in [2.24, 2.45) is 0 Å². The van der Waals surface area contributed by atoms with Crippen molar-refractivity contribution in [1.29, 1.82) is 0 Å². The average Bonchev–Trinajstić information content (AvgIpc) is 2.62. The van der Waals surface area contributed by atoms with Crippen LogP contribution in [-0.4, -0.2) is 4.98 Å². The molecule has 0 bridgehead atoms. The van der Waals surface area contributed by atoms with Gasteiger partial charge in [-0.25, -0.2) is 0 Å². The monoisotopic (exact) mass is 295 g/mol. The summed E-state index contributed by atoms with van der Waals surface area (Å²) in [5.74, 6) is 0. The molecule has 0 radical (unpaired) electrons. The molecule has 1 heterocycles. The standard InChI is InChI=1S/C22H17N/c1-16-9-11-17(12-10-16)20-14-18-6-2-3-7-19(18)15-21(20)22-8-4-5-13-23-22/h2-15H,1H3. The van der Waals surface area contributed by atoms with Gasteiger partial charge in [0.1, 0.15) is 0 Å². The summed E-state index contributed by atoms with van der Waals surface area (Å²) in [6.45, 7) is 2.11. The Morgan fingerprint density at radius 2 is 1.30 bits per heavy atom. The molecule has 0 aliphatic carbocycles. The first-order valence-electron chi connectivity index (χ1n) is 7.82. The van der Waals surface area contributed by atoms with Crippen molar-refractivity contribution < 1.29 is 0 Å². The third kappa shape index (κ3) is 2.62. The molecule has 0 atom stereocenters. The molecule has 0 spiro atoms. The number of fused-ring (bicyclic) bond motifs is 1. The van der Waals surface area contributed by atoms with E-state index < -0.39 is 0 Å². The summed E-state index contributed by atoms with van der Waals surface area (Å²) in [5, 5.41) is 2.49. The Hall–Kier alpha value is -2.93. The van der Waals surface area contributed by atoms with Crippen LogP contribution in [0.2, 0.25) is 0 Å². The first kappa shape index (κ1) is 13.7. The van der Waals surface area contributed by atoms with Gasteiger partial charge in [0.25, 0.3) is 0 Å². The Labute approximate surface area is 136 Å². The molecule has 3 aromatic carbocycles. The lowest BCUT2D eigenvalue weighted by atomic mass is 9.93. The Kier molecular flexibility index (Phi) is 3.39.